The molecule has 0 saturated carbocycles. The predicted molar refractivity (Wildman–Crippen MR) is 127 cm³/mol. The lowest BCUT2D eigenvalue weighted by Crippen LogP contribution is -2.44. The van der Waals surface area contributed by atoms with E-state index in [9.17, 15) is 9.59 Å². The fraction of sp³-hybridized carbons (Fsp3) is 0.538. The van der Waals surface area contributed by atoms with Crippen molar-refractivity contribution in [2.45, 2.75) is 51.0 Å². The summed E-state index contributed by atoms with van der Waals surface area (Å²) >= 11 is 0. The number of furan rings is 1. The molecule has 2 aromatic rings. The maximum absolute atomic E-state index is 13.3. The zero-order valence-corrected chi connectivity index (χ0v) is 19.6. The van der Waals surface area contributed by atoms with Crippen LogP contribution in [-0.4, -0.2) is 67.5 Å². The quantitative estimate of drug-likeness (QED) is 0.762. The third kappa shape index (κ3) is 6.16. The Morgan fingerprint density at radius 3 is 2.55 bits per heavy atom. The van der Waals surface area contributed by atoms with E-state index in [0.717, 1.165) is 50.1 Å². The number of benzene rings is 1. The highest BCUT2D eigenvalue weighted by molar-refractivity contribution is 5.92. The smallest absolute Gasteiger partial charge is 0.289 e. The molecule has 2 aliphatic rings. The predicted octanol–water partition coefficient (Wildman–Crippen LogP) is 3.94. The summed E-state index contributed by atoms with van der Waals surface area (Å²) in [6.45, 7) is 3.97. The third-order valence-electron chi connectivity index (χ3n) is 6.70. The molecule has 2 amide bonds. The molecule has 1 atom stereocenters. The minimum absolute atomic E-state index is 0.0659. The summed E-state index contributed by atoms with van der Waals surface area (Å²) in [7, 11) is 1.64. The molecule has 1 unspecified atom stereocenters. The first-order chi connectivity index (χ1) is 16.1. The van der Waals surface area contributed by atoms with Crippen LogP contribution in [0.2, 0.25) is 0 Å². The molecule has 0 radical (unpaired) electrons. The van der Waals surface area contributed by atoms with Crippen LogP contribution in [0.4, 0.5) is 0 Å². The molecule has 1 aromatic heterocycles. The normalized spacial score (nSPS) is 21.2. The van der Waals surface area contributed by atoms with E-state index in [1.807, 2.05) is 35.2 Å². The number of hydrogen-bond acceptors (Lipinski definition) is 5. The molecule has 178 valence electrons. The standard InChI is InChI=1S/C26H35N3O4/c1-32-22-10-8-20(9-11-22)23-12-13-24(33-23)26(31)29-16-5-3-14-27-25(30)19-21-7-2-4-15-28(21)17-6-18-29/h8-13,21H,2-7,14-19H2,1H3,(H,27,30). The third-order valence-corrected chi connectivity index (χ3v) is 6.70. The molecule has 0 spiro atoms. The fourth-order valence-electron chi connectivity index (χ4n) is 4.83. The summed E-state index contributed by atoms with van der Waals surface area (Å²) in [5.74, 6) is 1.91. The molecule has 2 fully saturated rings. The first-order valence-electron chi connectivity index (χ1n) is 12.2. The van der Waals surface area contributed by atoms with Crippen molar-refractivity contribution in [1.82, 2.24) is 15.1 Å². The minimum Gasteiger partial charge on any atom is -0.497 e. The molecule has 1 aromatic carbocycles. The molecular weight excluding hydrogens is 418 g/mol. The van der Waals surface area contributed by atoms with Gasteiger partial charge in [0.15, 0.2) is 5.76 Å². The Labute approximate surface area is 196 Å². The second-order valence-electron chi connectivity index (χ2n) is 8.98. The van der Waals surface area contributed by atoms with Crippen molar-refractivity contribution in [2.75, 3.05) is 39.8 Å². The topological polar surface area (TPSA) is 75.0 Å². The number of piperidine rings is 1. The fourth-order valence-corrected chi connectivity index (χ4v) is 4.83. The van der Waals surface area contributed by atoms with E-state index in [1.54, 1.807) is 13.2 Å². The van der Waals surface area contributed by atoms with Crippen molar-refractivity contribution in [2.24, 2.45) is 0 Å². The number of nitrogens with zero attached hydrogens (tertiary/aromatic N) is 2. The molecule has 2 saturated heterocycles. The van der Waals surface area contributed by atoms with Crippen LogP contribution in [0.1, 0.15) is 55.5 Å². The van der Waals surface area contributed by atoms with Gasteiger partial charge in [0.1, 0.15) is 11.5 Å². The first kappa shape index (κ1) is 23.4. The maximum Gasteiger partial charge on any atom is 0.289 e. The Morgan fingerprint density at radius 1 is 0.970 bits per heavy atom. The maximum atomic E-state index is 13.3. The van der Waals surface area contributed by atoms with Gasteiger partial charge in [0.05, 0.1) is 7.11 Å². The van der Waals surface area contributed by atoms with Gasteiger partial charge in [-0.2, -0.15) is 0 Å². The van der Waals surface area contributed by atoms with E-state index in [-0.39, 0.29) is 11.8 Å². The largest absolute Gasteiger partial charge is 0.497 e. The number of fused-ring (bicyclic) bond motifs is 1. The lowest BCUT2D eigenvalue weighted by molar-refractivity contribution is -0.122. The number of carbonyl (C=O) groups excluding carboxylic acids is 2. The van der Waals surface area contributed by atoms with Crippen LogP contribution in [-0.2, 0) is 4.79 Å². The Kier molecular flexibility index (Phi) is 8.05. The van der Waals surface area contributed by atoms with Crippen molar-refractivity contribution >= 4 is 11.8 Å². The number of rotatable bonds is 3. The molecule has 3 heterocycles. The summed E-state index contributed by atoms with van der Waals surface area (Å²) in [4.78, 5) is 30.0. The van der Waals surface area contributed by atoms with Crippen molar-refractivity contribution in [3.05, 3.63) is 42.2 Å². The van der Waals surface area contributed by atoms with Crippen molar-refractivity contribution in [3.8, 4) is 17.1 Å². The summed E-state index contributed by atoms with van der Waals surface area (Å²) in [5.41, 5.74) is 0.909. The van der Waals surface area contributed by atoms with Crippen molar-refractivity contribution in [3.63, 3.8) is 0 Å². The number of carbonyl (C=O) groups is 2. The van der Waals surface area contributed by atoms with Crippen LogP contribution >= 0.6 is 0 Å². The zero-order chi connectivity index (χ0) is 23.0. The van der Waals surface area contributed by atoms with Gasteiger partial charge < -0.3 is 19.4 Å². The molecule has 7 heteroatoms. The lowest BCUT2D eigenvalue weighted by atomic mass is 9.98. The van der Waals surface area contributed by atoms with Gasteiger partial charge in [0.25, 0.3) is 5.91 Å². The van der Waals surface area contributed by atoms with Crippen molar-refractivity contribution in [1.29, 1.82) is 0 Å². The number of methoxy groups -OCH3 is 1. The minimum atomic E-state index is -0.0659. The molecule has 7 nitrogen and oxygen atoms in total. The second-order valence-corrected chi connectivity index (χ2v) is 8.98. The zero-order valence-electron chi connectivity index (χ0n) is 19.6. The Hall–Kier alpha value is -2.80. The van der Waals surface area contributed by atoms with Crippen LogP contribution in [0.3, 0.4) is 0 Å². The first-order valence-corrected chi connectivity index (χ1v) is 12.2. The highest BCUT2D eigenvalue weighted by Crippen LogP contribution is 2.25. The van der Waals surface area contributed by atoms with Crippen LogP contribution in [0.25, 0.3) is 11.3 Å². The van der Waals surface area contributed by atoms with Gasteiger partial charge in [-0.25, -0.2) is 0 Å². The van der Waals surface area contributed by atoms with Gasteiger partial charge in [-0.05, 0) is 75.0 Å². The summed E-state index contributed by atoms with van der Waals surface area (Å²) in [5, 5.41) is 3.06. The molecule has 2 aliphatic heterocycles. The van der Waals surface area contributed by atoms with Crippen LogP contribution < -0.4 is 10.1 Å². The molecule has 33 heavy (non-hydrogen) atoms. The Balaban J connectivity index is 1.43. The molecule has 1 N–H and O–H groups in total. The Bertz CT molecular complexity index is 924. The van der Waals surface area contributed by atoms with Gasteiger partial charge in [0.2, 0.25) is 5.91 Å². The van der Waals surface area contributed by atoms with E-state index in [2.05, 4.69) is 10.2 Å². The monoisotopic (exact) mass is 453 g/mol. The summed E-state index contributed by atoms with van der Waals surface area (Å²) in [6, 6.07) is 11.5. The molecule has 0 aliphatic carbocycles. The Morgan fingerprint density at radius 2 is 1.73 bits per heavy atom. The summed E-state index contributed by atoms with van der Waals surface area (Å²) < 4.78 is 11.2. The van der Waals surface area contributed by atoms with E-state index >= 15 is 0 Å². The van der Waals surface area contributed by atoms with E-state index in [0.29, 0.717) is 43.6 Å². The molecule has 4 rings (SSSR count). The van der Waals surface area contributed by atoms with E-state index < -0.39 is 0 Å². The number of hydrogen-bond donors (Lipinski definition) is 1. The van der Waals surface area contributed by atoms with E-state index in [4.69, 9.17) is 9.15 Å². The molecule has 0 bridgehead atoms. The number of ether oxygens (including phenoxy) is 1. The van der Waals surface area contributed by atoms with Gasteiger partial charge in [0, 0.05) is 44.2 Å². The number of amides is 2. The second kappa shape index (κ2) is 11.4. The van der Waals surface area contributed by atoms with Crippen LogP contribution in [0, 0.1) is 0 Å². The van der Waals surface area contributed by atoms with Gasteiger partial charge in [-0.3, -0.25) is 14.5 Å². The summed E-state index contributed by atoms with van der Waals surface area (Å²) in [6.07, 6.45) is 6.65. The van der Waals surface area contributed by atoms with Crippen LogP contribution in [0.5, 0.6) is 5.75 Å². The molecular formula is C26H35N3O4. The SMILES string of the molecule is COc1ccc(-c2ccc(C(=O)N3CCCCNC(=O)CC4CCCCN4CCC3)o2)cc1. The number of nitrogens with one attached hydrogen (secondary N) is 1. The van der Waals surface area contributed by atoms with E-state index in [1.165, 1.54) is 12.8 Å². The highest BCUT2D eigenvalue weighted by atomic mass is 16.5. The van der Waals surface area contributed by atoms with Gasteiger partial charge in [-0.15, -0.1) is 0 Å². The lowest BCUT2D eigenvalue weighted by Gasteiger charge is -2.35. The van der Waals surface area contributed by atoms with Gasteiger partial charge in [-0.1, -0.05) is 6.42 Å². The van der Waals surface area contributed by atoms with Crippen LogP contribution in [0.15, 0.2) is 40.8 Å². The highest BCUT2D eigenvalue weighted by Gasteiger charge is 2.26. The van der Waals surface area contributed by atoms with Crippen molar-refractivity contribution < 1.29 is 18.7 Å². The van der Waals surface area contributed by atoms with Gasteiger partial charge >= 0.3 is 0 Å². The average Bonchev–Trinajstić information content (AvgIpc) is 3.33. The average molecular weight is 454 g/mol.